The summed E-state index contributed by atoms with van der Waals surface area (Å²) in [5.41, 5.74) is 4.39. The largest absolute Gasteiger partial charge is 0.299 e. The quantitative estimate of drug-likeness (QED) is 0.405. The molecule has 1 aliphatic carbocycles. The Morgan fingerprint density at radius 3 is 2.48 bits per heavy atom. The molecule has 0 atom stereocenters. The molecule has 0 bridgehead atoms. The maximum Gasteiger partial charge on any atom is 0.0193 e. The molecule has 0 amide bonds. The van der Waals surface area contributed by atoms with Crippen LogP contribution in [0.4, 0.5) is 0 Å². The first-order chi connectivity index (χ1) is 10.7. The molecule has 0 fully saturated rings. The minimum atomic E-state index is 0. The molecule has 0 aromatic carbocycles. The zero-order valence-electron chi connectivity index (χ0n) is 15.2. The van der Waals surface area contributed by atoms with Crippen LogP contribution in [0.25, 0.3) is 0 Å². The van der Waals surface area contributed by atoms with Gasteiger partial charge in [0.15, 0.2) is 0 Å². The van der Waals surface area contributed by atoms with Gasteiger partial charge >= 0.3 is 0 Å². The molecule has 1 aliphatic rings. The maximum absolute atomic E-state index is 2.63. The van der Waals surface area contributed by atoms with Gasteiger partial charge in [-0.3, -0.25) is 4.90 Å². The summed E-state index contributed by atoms with van der Waals surface area (Å²) in [6.07, 6.45) is 19.0. The number of rotatable bonds is 10. The molecule has 0 N–H and O–H groups in total. The van der Waals surface area contributed by atoms with Crippen molar-refractivity contribution in [3.8, 4) is 0 Å². The maximum atomic E-state index is 2.63. The third-order valence-corrected chi connectivity index (χ3v) is 4.28. The van der Waals surface area contributed by atoms with Gasteiger partial charge in [0.25, 0.3) is 0 Å². The molecule has 0 aromatic heterocycles. The third-order valence-electron chi connectivity index (χ3n) is 4.28. The number of allylic oxidation sites excluding steroid dienone is 7. The van der Waals surface area contributed by atoms with Gasteiger partial charge in [0.2, 0.25) is 0 Å². The van der Waals surface area contributed by atoms with Gasteiger partial charge < -0.3 is 0 Å². The Bertz CT molecular complexity index is 423. The van der Waals surface area contributed by atoms with Crippen LogP contribution in [0.15, 0.2) is 47.1 Å². The van der Waals surface area contributed by atoms with Crippen LogP contribution in [0.2, 0.25) is 0 Å². The molecule has 23 heavy (non-hydrogen) atoms. The van der Waals surface area contributed by atoms with Gasteiger partial charge in [-0.1, -0.05) is 62.3 Å². The molecule has 0 aromatic rings. The molecule has 1 nitrogen and oxygen atoms in total. The van der Waals surface area contributed by atoms with Crippen LogP contribution >= 0.6 is 0 Å². The number of nitrogens with zero attached hydrogens (tertiary/aromatic N) is 1. The third kappa shape index (κ3) is 10.3. The highest BCUT2D eigenvalue weighted by molar-refractivity contribution is 5.35. The molecule has 1 heteroatoms. The molecule has 0 saturated carbocycles. The summed E-state index contributed by atoms with van der Waals surface area (Å²) in [6.45, 7) is 12.5. The van der Waals surface area contributed by atoms with Crippen LogP contribution in [0.5, 0.6) is 0 Å². The first-order valence-corrected chi connectivity index (χ1v) is 9.03. The lowest BCUT2D eigenvalue weighted by molar-refractivity contribution is 0.287. The predicted molar refractivity (Wildman–Crippen MR) is 107 cm³/mol. The minimum absolute atomic E-state index is 0. The lowest BCUT2D eigenvalue weighted by Crippen LogP contribution is -2.28. The van der Waals surface area contributed by atoms with Gasteiger partial charge in [0.1, 0.15) is 0 Å². The van der Waals surface area contributed by atoms with E-state index in [0.717, 1.165) is 6.54 Å². The van der Waals surface area contributed by atoms with Gasteiger partial charge in [-0.15, -0.1) is 0 Å². The van der Waals surface area contributed by atoms with Crippen molar-refractivity contribution in [2.24, 2.45) is 0 Å². The van der Waals surface area contributed by atoms with Crippen LogP contribution in [0, 0.1) is 0 Å². The van der Waals surface area contributed by atoms with Gasteiger partial charge in [0.05, 0.1) is 0 Å². The molecule has 132 valence electrons. The molecular formula is C22H39N. The molecule has 1 rings (SSSR count). The van der Waals surface area contributed by atoms with Crippen molar-refractivity contribution >= 4 is 0 Å². The first-order valence-electron chi connectivity index (χ1n) is 9.03. The molecular weight excluding hydrogens is 278 g/mol. The van der Waals surface area contributed by atoms with Gasteiger partial charge in [0, 0.05) is 6.54 Å². The molecule has 0 spiro atoms. The summed E-state index contributed by atoms with van der Waals surface area (Å²) in [5.74, 6) is 0. The highest BCUT2D eigenvalue weighted by Gasteiger charge is 2.06. The van der Waals surface area contributed by atoms with E-state index in [1.807, 2.05) is 0 Å². The van der Waals surface area contributed by atoms with E-state index in [0.29, 0.717) is 0 Å². The Labute approximate surface area is 145 Å². The second-order valence-corrected chi connectivity index (χ2v) is 6.54. The Morgan fingerprint density at radius 1 is 1.13 bits per heavy atom. The highest BCUT2D eigenvalue weighted by atomic mass is 15.1. The lowest BCUT2D eigenvalue weighted by atomic mass is 10.0. The Balaban J connectivity index is 0.00000484. The van der Waals surface area contributed by atoms with Crippen molar-refractivity contribution < 1.29 is 0 Å². The normalized spacial score (nSPS) is 15.6. The Morgan fingerprint density at radius 2 is 1.87 bits per heavy atom. The van der Waals surface area contributed by atoms with Crippen LogP contribution in [0.3, 0.4) is 0 Å². The average Bonchev–Trinajstić information content (AvgIpc) is 2.53. The van der Waals surface area contributed by atoms with E-state index in [4.69, 9.17) is 0 Å². The summed E-state index contributed by atoms with van der Waals surface area (Å²) >= 11 is 0. The fourth-order valence-electron chi connectivity index (χ4n) is 2.80. The summed E-state index contributed by atoms with van der Waals surface area (Å²) in [7, 11) is 0. The van der Waals surface area contributed by atoms with E-state index in [9.17, 15) is 0 Å². The lowest BCUT2D eigenvalue weighted by Gasteiger charge is -2.23. The zero-order valence-corrected chi connectivity index (χ0v) is 15.2. The second-order valence-electron chi connectivity index (χ2n) is 6.54. The van der Waals surface area contributed by atoms with Crippen molar-refractivity contribution in [3.63, 3.8) is 0 Å². The molecule has 0 saturated heterocycles. The van der Waals surface area contributed by atoms with Crippen LogP contribution in [0.1, 0.15) is 73.6 Å². The summed E-state index contributed by atoms with van der Waals surface area (Å²) in [6, 6.07) is 0. The first kappa shape index (κ1) is 21.9. The second kappa shape index (κ2) is 13.4. The highest BCUT2D eigenvalue weighted by Crippen LogP contribution is 2.14. The van der Waals surface area contributed by atoms with E-state index in [2.05, 4.69) is 63.0 Å². The van der Waals surface area contributed by atoms with E-state index in [-0.39, 0.29) is 7.43 Å². The van der Waals surface area contributed by atoms with E-state index < -0.39 is 0 Å². The van der Waals surface area contributed by atoms with Crippen molar-refractivity contribution in [2.45, 2.75) is 73.6 Å². The summed E-state index contributed by atoms with van der Waals surface area (Å²) in [5, 5.41) is 0. The van der Waals surface area contributed by atoms with Gasteiger partial charge in [-0.05, 0) is 71.5 Å². The van der Waals surface area contributed by atoms with E-state index in [1.165, 1.54) is 68.3 Å². The van der Waals surface area contributed by atoms with Crippen LogP contribution < -0.4 is 0 Å². The Hall–Kier alpha value is -1.08. The molecule has 0 aliphatic heterocycles. The Kier molecular flexibility index (Phi) is 12.7. The minimum Gasteiger partial charge on any atom is -0.299 e. The zero-order chi connectivity index (χ0) is 16.2. The number of unbranched alkanes of at least 4 members (excludes halogenated alkanes) is 1. The predicted octanol–water partition coefficient (Wildman–Crippen LogP) is 6.69. The van der Waals surface area contributed by atoms with Crippen LogP contribution in [-0.2, 0) is 0 Å². The molecule has 0 unspecified atom stereocenters. The van der Waals surface area contributed by atoms with E-state index in [1.54, 1.807) is 0 Å². The fraction of sp³-hybridized carbons (Fsp3) is 0.636. The summed E-state index contributed by atoms with van der Waals surface area (Å²) in [4.78, 5) is 2.63. The van der Waals surface area contributed by atoms with Crippen molar-refractivity contribution in [1.29, 1.82) is 0 Å². The van der Waals surface area contributed by atoms with Gasteiger partial charge in [-0.2, -0.15) is 0 Å². The SMILES string of the molecule is C.C/C=C(\C)CCCN(CCCC)C/C(C)=C/C1=CCCC=C1. The van der Waals surface area contributed by atoms with Crippen molar-refractivity contribution in [3.05, 3.63) is 47.1 Å². The average molecular weight is 318 g/mol. The molecule has 0 radical (unpaired) electrons. The monoisotopic (exact) mass is 317 g/mol. The molecule has 0 heterocycles. The topological polar surface area (TPSA) is 3.24 Å². The smallest absolute Gasteiger partial charge is 0.0193 e. The fourth-order valence-corrected chi connectivity index (χ4v) is 2.80. The van der Waals surface area contributed by atoms with Crippen molar-refractivity contribution in [1.82, 2.24) is 4.90 Å². The van der Waals surface area contributed by atoms with Crippen LogP contribution in [-0.4, -0.2) is 24.5 Å². The van der Waals surface area contributed by atoms with E-state index >= 15 is 0 Å². The number of hydrogen-bond donors (Lipinski definition) is 0. The number of hydrogen-bond acceptors (Lipinski definition) is 1. The summed E-state index contributed by atoms with van der Waals surface area (Å²) < 4.78 is 0. The standard InChI is InChI=1S/C21H35N.CH4/c1-5-7-15-22(16-11-12-19(3)6-2)18-20(4)17-21-13-9-8-10-14-21;/h6,9,13-14,17H,5,7-8,10-12,15-16,18H2,1-4H3;1H4/b19-6+,20-17+;. The van der Waals surface area contributed by atoms with Gasteiger partial charge in [-0.25, -0.2) is 0 Å². The van der Waals surface area contributed by atoms with Crippen molar-refractivity contribution in [2.75, 3.05) is 19.6 Å².